The van der Waals surface area contributed by atoms with Gasteiger partial charge in [-0.05, 0) is 17.7 Å². The van der Waals surface area contributed by atoms with Crippen LogP contribution in [0.1, 0.15) is 17.2 Å². The zero-order valence-corrected chi connectivity index (χ0v) is 11.1. The van der Waals surface area contributed by atoms with E-state index in [1.807, 2.05) is 0 Å². The minimum Gasteiger partial charge on any atom is -0.382 e. The fourth-order valence-electron chi connectivity index (χ4n) is 1.43. The van der Waals surface area contributed by atoms with Gasteiger partial charge in [-0.3, -0.25) is 4.18 Å². The van der Waals surface area contributed by atoms with Crippen molar-refractivity contribution in [2.75, 3.05) is 20.0 Å². The molecule has 19 heavy (non-hydrogen) atoms. The Balaban J connectivity index is 2.98. The van der Waals surface area contributed by atoms with Crippen molar-refractivity contribution in [3.05, 3.63) is 35.4 Å². The normalized spacial score (nSPS) is 14.4. The summed E-state index contributed by atoms with van der Waals surface area (Å²) in [6, 6.07) is 4.06. The Morgan fingerprint density at radius 3 is 2.11 bits per heavy atom. The topological polar surface area (TPSA) is 52.6 Å². The predicted octanol–water partition coefficient (Wildman–Crippen LogP) is 2.37. The van der Waals surface area contributed by atoms with E-state index in [2.05, 4.69) is 0 Å². The van der Waals surface area contributed by atoms with Crippen LogP contribution >= 0.6 is 0 Å². The quantitative estimate of drug-likeness (QED) is 0.783. The minimum absolute atomic E-state index is 0.0849. The van der Waals surface area contributed by atoms with E-state index in [1.54, 1.807) is 0 Å². The zero-order valence-electron chi connectivity index (χ0n) is 10.3. The summed E-state index contributed by atoms with van der Waals surface area (Å²) in [6.07, 6.45) is -4.55. The van der Waals surface area contributed by atoms with Gasteiger partial charge in [0.2, 0.25) is 0 Å². The number of halogens is 3. The van der Waals surface area contributed by atoms with Crippen molar-refractivity contribution >= 4 is 10.1 Å². The highest BCUT2D eigenvalue weighted by Gasteiger charge is 2.30. The maximum atomic E-state index is 12.4. The summed E-state index contributed by atoms with van der Waals surface area (Å²) >= 11 is 0. The molecule has 0 amide bonds. The van der Waals surface area contributed by atoms with E-state index in [1.165, 1.54) is 7.11 Å². The summed E-state index contributed by atoms with van der Waals surface area (Å²) in [4.78, 5) is 0. The van der Waals surface area contributed by atoms with E-state index < -0.39 is 28.0 Å². The fourth-order valence-corrected chi connectivity index (χ4v) is 2.02. The van der Waals surface area contributed by atoms with Gasteiger partial charge < -0.3 is 4.74 Å². The van der Waals surface area contributed by atoms with Crippen LogP contribution < -0.4 is 0 Å². The molecule has 0 fully saturated rings. The third-order valence-electron chi connectivity index (χ3n) is 2.22. The Kier molecular flexibility index (Phi) is 4.94. The van der Waals surface area contributed by atoms with Crippen molar-refractivity contribution in [3.8, 4) is 0 Å². The van der Waals surface area contributed by atoms with Gasteiger partial charge in [0.1, 0.15) is 6.10 Å². The molecule has 1 rings (SSSR count). The third-order valence-corrected chi connectivity index (χ3v) is 2.80. The van der Waals surface area contributed by atoms with Gasteiger partial charge in [0, 0.05) is 7.11 Å². The van der Waals surface area contributed by atoms with E-state index in [4.69, 9.17) is 8.92 Å². The van der Waals surface area contributed by atoms with Crippen LogP contribution in [0.3, 0.4) is 0 Å². The van der Waals surface area contributed by atoms with Crippen LogP contribution in [0.4, 0.5) is 13.2 Å². The lowest BCUT2D eigenvalue weighted by molar-refractivity contribution is -0.137. The molecule has 0 heterocycles. The van der Waals surface area contributed by atoms with E-state index >= 15 is 0 Å². The van der Waals surface area contributed by atoms with Crippen LogP contribution in [0, 0.1) is 0 Å². The average molecular weight is 298 g/mol. The predicted molar refractivity (Wildman–Crippen MR) is 62.0 cm³/mol. The van der Waals surface area contributed by atoms with Crippen molar-refractivity contribution < 1.29 is 30.5 Å². The molecule has 0 saturated carbocycles. The first-order valence-corrected chi connectivity index (χ1v) is 6.99. The van der Waals surface area contributed by atoms with Gasteiger partial charge in [0.05, 0.1) is 18.4 Å². The largest absolute Gasteiger partial charge is 0.416 e. The first-order valence-electron chi connectivity index (χ1n) is 5.18. The van der Waals surface area contributed by atoms with Gasteiger partial charge in [-0.2, -0.15) is 21.6 Å². The van der Waals surface area contributed by atoms with Gasteiger partial charge in [-0.15, -0.1) is 0 Å². The lowest BCUT2D eigenvalue weighted by Gasteiger charge is -2.16. The SMILES string of the molecule is COCC(OS(C)(=O)=O)c1ccc(C(F)(F)F)cc1. The average Bonchev–Trinajstić information content (AvgIpc) is 2.26. The number of alkyl halides is 3. The first-order chi connectivity index (χ1) is 8.63. The Labute approximate surface area is 109 Å². The third kappa shape index (κ3) is 5.17. The first kappa shape index (κ1) is 15.9. The summed E-state index contributed by atoms with van der Waals surface area (Å²) in [6.45, 7) is -0.0849. The van der Waals surface area contributed by atoms with Gasteiger partial charge in [-0.25, -0.2) is 0 Å². The number of hydrogen-bond donors (Lipinski definition) is 0. The summed E-state index contributed by atoms with van der Waals surface area (Å²) in [5, 5.41) is 0. The summed E-state index contributed by atoms with van der Waals surface area (Å²) in [5.41, 5.74) is -0.521. The molecule has 0 saturated heterocycles. The Bertz CT molecular complexity index is 508. The van der Waals surface area contributed by atoms with Gasteiger partial charge in [-0.1, -0.05) is 12.1 Å². The molecule has 0 spiro atoms. The summed E-state index contributed by atoms with van der Waals surface area (Å²) in [5.74, 6) is 0. The van der Waals surface area contributed by atoms with Crippen molar-refractivity contribution in [1.82, 2.24) is 0 Å². The smallest absolute Gasteiger partial charge is 0.382 e. The van der Waals surface area contributed by atoms with Crippen molar-refractivity contribution in [2.24, 2.45) is 0 Å². The van der Waals surface area contributed by atoms with Crippen LogP contribution in [0.15, 0.2) is 24.3 Å². The molecule has 0 aliphatic heterocycles. The number of ether oxygens (including phenoxy) is 1. The van der Waals surface area contributed by atoms with Crippen molar-refractivity contribution in [2.45, 2.75) is 12.3 Å². The number of methoxy groups -OCH3 is 1. The molecule has 1 unspecified atom stereocenters. The lowest BCUT2D eigenvalue weighted by Crippen LogP contribution is -2.15. The molecular weight excluding hydrogens is 285 g/mol. The highest BCUT2D eigenvalue weighted by molar-refractivity contribution is 7.86. The molecule has 0 bridgehead atoms. The van der Waals surface area contributed by atoms with Crippen LogP contribution in [-0.2, 0) is 25.2 Å². The van der Waals surface area contributed by atoms with Gasteiger partial charge in [0.15, 0.2) is 0 Å². The highest BCUT2D eigenvalue weighted by Crippen LogP contribution is 2.30. The van der Waals surface area contributed by atoms with Crippen LogP contribution in [-0.4, -0.2) is 28.4 Å². The lowest BCUT2D eigenvalue weighted by atomic mass is 10.1. The molecule has 4 nitrogen and oxygen atoms in total. The molecule has 8 heteroatoms. The van der Waals surface area contributed by atoms with Gasteiger partial charge in [0.25, 0.3) is 10.1 Å². The van der Waals surface area contributed by atoms with Crippen molar-refractivity contribution in [3.63, 3.8) is 0 Å². The molecule has 0 aliphatic rings. The summed E-state index contributed by atoms with van der Waals surface area (Å²) < 4.78 is 68.8. The Hall–Kier alpha value is -1.12. The Morgan fingerprint density at radius 1 is 1.21 bits per heavy atom. The number of benzene rings is 1. The Morgan fingerprint density at radius 2 is 1.74 bits per heavy atom. The maximum absolute atomic E-state index is 12.4. The maximum Gasteiger partial charge on any atom is 0.416 e. The van der Waals surface area contributed by atoms with Crippen molar-refractivity contribution in [1.29, 1.82) is 0 Å². The standard InChI is InChI=1S/C11H13F3O4S/c1-17-7-10(18-19(2,15)16)8-3-5-9(6-4-8)11(12,13)14/h3-6,10H,7H2,1-2H3. The van der Waals surface area contributed by atoms with E-state index in [0.29, 0.717) is 5.56 Å². The van der Waals surface area contributed by atoms with E-state index in [-0.39, 0.29) is 6.61 Å². The fraction of sp³-hybridized carbons (Fsp3) is 0.455. The van der Waals surface area contributed by atoms with Gasteiger partial charge >= 0.3 is 6.18 Å². The summed E-state index contributed by atoms with van der Waals surface area (Å²) in [7, 11) is -2.40. The van der Waals surface area contributed by atoms with E-state index in [9.17, 15) is 21.6 Å². The molecule has 1 aromatic carbocycles. The number of rotatable bonds is 5. The second-order valence-electron chi connectivity index (χ2n) is 3.86. The molecule has 0 aromatic heterocycles. The second kappa shape index (κ2) is 5.89. The molecule has 0 aliphatic carbocycles. The molecule has 1 atom stereocenters. The van der Waals surface area contributed by atoms with E-state index in [0.717, 1.165) is 30.5 Å². The molecule has 108 valence electrons. The second-order valence-corrected chi connectivity index (χ2v) is 5.46. The highest BCUT2D eigenvalue weighted by atomic mass is 32.2. The van der Waals surface area contributed by atoms with Crippen LogP contribution in [0.5, 0.6) is 0 Å². The molecular formula is C11H13F3O4S. The van der Waals surface area contributed by atoms with Crippen LogP contribution in [0.25, 0.3) is 0 Å². The monoisotopic (exact) mass is 298 g/mol. The minimum atomic E-state index is -4.44. The van der Waals surface area contributed by atoms with Crippen LogP contribution in [0.2, 0.25) is 0 Å². The number of hydrogen-bond acceptors (Lipinski definition) is 4. The zero-order chi connectivity index (χ0) is 14.7. The molecule has 1 aromatic rings. The molecule has 0 radical (unpaired) electrons. The molecule has 0 N–H and O–H groups in total.